The fourth-order valence-corrected chi connectivity index (χ4v) is 3.25. The van der Waals surface area contributed by atoms with Crippen LogP contribution < -0.4 is 5.32 Å². The molecule has 0 unspecified atom stereocenters. The summed E-state index contributed by atoms with van der Waals surface area (Å²) in [6, 6.07) is 9.03. The number of likely N-dealkylation sites (tertiary alicyclic amines) is 1. The fourth-order valence-electron chi connectivity index (χ4n) is 3.25. The SMILES string of the molecule is CNC(=O)N1CCC(Cc2ccc(CN(C)CCOC)cc2)CC1. The molecule has 0 aromatic heterocycles. The van der Waals surface area contributed by atoms with E-state index in [1.807, 2.05) is 4.90 Å². The average Bonchev–Trinajstić information content (AvgIpc) is 2.61. The van der Waals surface area contributed by atoms with Crippen LogP contribution in [0.25, 0.3) is 0 Å². The Bertz CT molecular complexity index is 496. The molecule has 0 spiro atoms. The molecule has 1 aliphatic heterocycles. The van der Waals surface area contributed by atoms with Crippen LogP contribution in [0.3, 0.4) is 0 Å². The molecule has 1 aliphatic rings. The van der Waals surface area contributed by atoms with E-state index in [2.05, 4.69) is 41.5 Å². The van der Waals surface area contributed by atoms with Gasteiger partial charge in [0.05, 0.1) is 6.61 Å². The molecule has 0 bridgehead atoms. The number of nitrogens with zero attached hydrogens (tertiary/aromatic N) is 2. The molecule has 1 aromatic carbocycles. The van der Waals surface area contributed by atoms with Crippen LogP contribution in [0, 0.1) is 5.92 Å². The summed E-state index contributed by atoms with van der Waals surface area (Å²) in [5, 5.41) is 2.71. The lowest BCUT2D eigenvalue weighted by atomic mass is 9.90. The van der Waals surface area contributed by atoms with E-state index >= 15 is 0 Å². The number of piperidine rings is 1. The zero-order valence-corrected chi connectivity index (χ0v) is 15.3. The number of hydrogen-bond donors (Lipinski definition) is 1. The van der Waals surface area contributed by atoms with Gasteiger partial charge in [-0.25, -0.2) is 4.79 Å². The van der Waals surface area contributed by atoms with Crippen molar-refractivity contribution in [1.29, 1.82) is 0 Å². The molecule has 24 heavy (non-hydrogen) atoms. The number of ether oxygens (including phenoxy) is 1. The summed E-state index contributed by atoms with van der Waals surface area (Å²) in [5.74, 6) is 0.682. The fraction of sp³-hybridized carbons (Fsp3) is 0.632. The normalized spacial score (nSPS) is 15.8. The van der Waals surface area contributed by atoms with Gasteiger partial charge >= 0.3 is 6.03 Å². The molecule has 1 fully saturated rings. The predicted molar refractivity (Wildman–Crippen MR) is 97.1 cm³/mol. The first-order valence-corrected chi connectivity index (χ1v) is 8.84. The highest BCUT2D eigenvalue weighted by Crippen LogP contribution is 2.22. The molecule has 1 N–H and O–H groups in total. The van der Waals surface area contributed by atoms with Gasteiger partial charge in [-0.05, 0) is 43.4 Å². The van der Waals surface area contributed by atoms with Crippen molar-refractivity contribution in [3.05, 3.63) is 35.4 Å². The van der Waals surface area contributed by atoms with Crippen LogP contribution in [-0.2, 0) is 17.7 Å². The third-order valence-electron chi connectivity index (χ3n) is 4.79. The molecule has 2 amide bonds. The van der Waals surface area contributed by atoms with E-state index in [4.69, 9.17) is 4.74 Å². The molecule has 1 aromatic rings. The molecular weight excluding hydrogens is 302 g/mol. The maximum atomic E-state index is 11.6. The zero-order chi connectivity index (χ0) is 17.4. The lowest BCUT2D eigenvalue weighted by Gasteiger charge is -2.31. The number of amides is 2. The summed E-state index contributed by atoms with van der Waals surface area (Å²) < 4.78 is 5.11. The standard InChI is InChI=1S/C19H31N3O2/c1-20-19(23)22-10-8-17(9-11-22)14-16-4-6-18(7-5-16)15-21(2)12-13-24-3/h4-7,17H,8-15H2,1-3H3,(H,20,23). The topological polar surface area (TPSA) is 44.8 Å². The highest BCUT2D eigenvalue weighted by Gasteiger charge is 2.22. The van der Waals surface area contributed by atoms with Crippen LogP contribution in [-0.4, -0.2) is 63.3 Å². The van der Waals surface area contributed by atoms with Crippen molar-refractivity contribution < 1.29 is 9.53 Å². The lowest BCUT2D eigenvalue weighted by molar-refractivity contribution is 0.158. The molecule has 1 heterocycles. The second-order valence-electron chi connectivity index (χ2n) is 6.74. The van der Waals surface area contributed by atoms with E-state index in [0.717, 1.165) is 52.0 Å². The Morgan fingerprint density at radius 3 is 2.46 bits per heavy atom. The Morgan fingerprint density at radius 1 is 1.25 bits per heavy atom. The van der Waals surface area contributed by atoms with Gasteiger partial charge < -0.3 is 15.0 Å². The van der Waals surface area contributed by atoms with Gasteiger partial charge in [-0.1, -0.05) is 24.3 Å². The molecule has 1 saturated heterocycles. The Balaban J connectivity index is 1.77. The summed E-state index contributed by atoms with van der Waals surface area (Å²) in [4.78, 5) is 15.8. The van der Waals surface area contributed by atoms with Gasteiger partial charge in [0.1, 0.15) is 0 Å². The second kappa shape index (κ2) is 9.64. The minimum absolute atomic E-state index is 0.0513. The van der Waals surface area contributed by atoms with Gasteiger partial charge in [-0.3, -0.25) is 4.90 Å². The minimum Gasteiger partial charge on any atom is -0.383 e. The molecule has 0 radical (unpaired) electrons. The number of hydrogen-bond acceptors (Lipinski definition) is 3. The number of carbonyl (C=O) groups is 1. The highest BCUT2D eigenvalue weighted by atomic mass is 16.5. The zero-order valence-electron chi connectivity index (χ0n) is 15.3. The minimum atomic E-state index is 0.0513. The monoisotopic (exact) mass is 333 g/mol. The molecule has 5 nitrogen and oxygen atoms in total. The van der Waals surface area contributed by atoms with Crippen LogP contribution in [0.1, 0.15) is 24.0 Å². The second-order valence-corrected chi connectivity index (χ2v) is 6.74. The number of likely N-dealkylation sites (N-methyl/N-ethyl adjacent to an activating group) is 1. The van der Waals surface area contributed by atoms with Gasteiger partial charge in [0.15, 0.2) is 0 Å². The summed E-state index contributed by atoms with van der Waals surface area (Å²) in [7, 11) is 5.55. The van der Waals surface area contributed by atoms with Crippen molar-refractivity contribution in [2.45, 2.75) is 25.8 Å². The van der Waals surface area contributed by atoms with Gasteiger partial charge in [-0.15, -0.1) is 0 Å². The molecular formula is C19H31N3O2. The molecule has 0 aliphatic carbocycles. The number of urea groups is 1. The Labute approximate surface area is 146 Å². The van der Waals surface area contributed by atoms with E-state index in [0.29, 0.717) is 5.92 Å². The molecule has 134 valence electrons. The third-order valence-corrected chi connectivity index (χ3v) is 4.79. The van der Waals surface area contributed by atoms with Crippen molar-refractivity contribution in [3.8, 4) is 0 Å². The first kappa shape index (κ1) is 18.7. The number of carbonyl (C=O) groups excluding carboxylic acids is 1. The first-order valence-electron chi connectivity index (χ1n) is 8.84. The Kier molecular flexibility index (Phi) is 7.53. The highest BCUT2D eigenvalue weighted by molar-refractivity contribution is 5.73. The summed E-state index contributed by atoms with van der Waals surface area (Å²) in [6.07, 6.45) is 3.30. The van der Waals surface area contributed by atoms with Crippen LogP contribution in [0.4, 0.5) is 4.79 Å². The summed E-state index contributed by atoms with van der Waals surface area (Å²) in [5.41, 5.74) is 2.74. The largest absolute Gasteiger partial charge is 0.383 e. The van der Waals surface area contributed by atoms with E-state index in [1.165, 1.54) is 11.1 Å². The molecule has 0 saturated carbocycles. The Morgan fingerprint density at radius 2 is 1.88 bits per heavy atom. The third kappa shape index (κ3) is 5.80. The number of nitrogens with one attached hydrogen (secondary N) is 1. The van der Waals surface area contributed by atoms with Crippen molar-refractivity contribution in [2.75, 3.05) is 47.4 Å². The number of methoxy groups -OCH3 is 1. The Hall–Kier alpha value is -1.59. The van der Waals surface area contributed by atoms with Crippen LogP contribution in [0.15, 0.2) is 24.3 Å². The molecule has 5 heteroatoms. The predicted octanol–water partition coefficient (Wildman–Crippen LogP) is 2.36. The van der Waals surface area contributed by atoms with Crippen molar-refractivity contribution in [3.63, 3.8) is 0 Å². The van der Waals surface area contributed by atoms with Gasteiger partial charge in [0, 0.05) is 40.3 Å². The first-order chi connectivity index (χ1) is 11.6. The van der Waals surface area contributed by atoms with Gasteiger partial charge in [0.2, 0.25) is 0 Å². The molecule has 2 rings (SSSR count). The van der Waals surface area contributed by atoms with Crippen LogP contribution in [0.2, 0.25) is 0 Å². The lowest BCUT2D eigenvalue weighted by Crippen LogP contribution is -2.43. The van der Waals surface area contributed by atoms with Crippen molar-refractivity contribution in [1.82, 2.24) is 15.1 Å². The van der Waals surface area contributed by atoms with Crippen LogP contribution in [0.5, 0.6) is 0 Å². The number of rotatable bonds is 7. The summed E-state index contributed by atoms with van der Waals surface area (Å²) in [6.45, 7) is 4.40. The van der Waals surface area contributed by atoms with Gasteiger partial charge in [-0.2, -0.15) is 0 Å². The van der Waals surface area contributed by atoms with Crippen molar-refractivity contribution in [2.24, 2.45) is 5.92 Å². The van der Waals surface area contributed by atoms with E-state index in [-0.39, 0.29) is 6.03 Å². The van der Waals surface area contributed by atoms with E-state index < -0.39 is 0 Å². The maximum Gasteiger partial charge on any atom is 0.317 e. The summed E-state index contributed by atoms with van der Waals surface area (Å²) >= 11 is 0. The van der Waals surface area contributed by atoms with E-state index in [1.54, 1.807) is 14.2 Å². The van der Waals surface area contributed by atoms with Crippen molar-refractivity contribution >= 4 is 6.03 Å². The van der Waals surface area contributed by atoms with E-state index in [9.17, 15) is 4.79 Å². The number of benzene rings is 1. The smallest absolute Gasteiger partial charge is 0.317 e. The quantitative estimate of drug-likeness (QED) is 0.833. The maximum absolute atomic E-state index is 11.6. The average molecular weight is 333 g/mol. The molecule has 0 atom stereocenters. The van der Waals surface area contributed by atoms with Crippen LogP contribution >= 0.6 is 0 Å². The van der Waals surface area contributed by atoms with Gasteiger partial charge in [0.25, 0.3) is 0 Å².